The Bertz CT molecular complexity index is 1270. The molecule has 4 rings (SSSR count). The summed E-state index contributed by atoms with van der Waals surface area (Å²) < 4.78 is 11.1. The van der Waals surface area contributed by atoms with Crippen molar-refractivity contribution in [3.05, 3.63) is 39.7 Å². The number of carbonyl (C=O) groups excluding carboxylic acids is 3. The predicted octanol–water partition coefficient (Wildman–Crippen LogP) is 2.21. The van der Waals surface area contributed by atoms with E-state index in [4.69, 9.17) is 9.15 Å². The zero-order valence-corrected chi connectivity index (χ0v) is 22.8. The van der Waals surface area contributed by atoms with Crippen molar-refractivity contribution in [2.75, 3.05) is 32.8 Å². The average Bonchev–Trinajstić information content (AvgIpc) is 2.92. The number of nitrogens with one attached hydrogen (secondary N) is 2. The number of fused-ring (bicyclic) bond motifs is 2. The van der Waals surface area contributed by atoms with Gasteiger partial charge in [0.25, 0.3) is 5.91 Å². The van der Waals surface area contributed by atoms with Crippen LogP contribution in [0.15, 0.2) is 27.4 Å². The lowest BCUT2D eigenvalue weighted by molar-refractivity contribution is -0.143. The van der Waals surface area contributed by atoms with E-state index in [2.05, 4.69) is 17.6 Å². The molecule has 2 atom stereocenters. The molecular weight excluding hydrogens is 502 g/mol. The van der Waals surface area contributed by atoms with Gasteiger partial charge in [-0.25, -0.2) is 4.79 Å². The summed E-state index contributed by atoms with van der Waals surface area (Å²) in [5, 5.41) is 16.7. The highest BCUT2D eigenvalue weighted by atomic mass is 16.5. The van der Waals surface area contributed by atoms with E-state index in [0.29, 0.717) is 36.4 Å². The first-order chi connectivity index (χ1) is 18.7. The highest BCUT2D eigenvalue weighted by Gasteiger charge is 2.43. The van der Waals surface area contributed by atoms with Gasteiger partial charge in [-0.2, -0.15) is 0 Å². The second kappa shape index (κ2) is 12.6. The molecule has 3 N–H and O–H groups in total. The molecule has 1 aliphatic carbocycles. The minimum atomic E-state index is -0.665. The van der Waals surface area contributed by atoms with Crippen LogP contribution in [-0.2, 0) is 20.8 Å². The van der Waals surface area contributed by atoms with Crippen LogP contribution in [0.2, 0.25) is 0 Å². The van der Waals surface area contributed by atoms with Crippen LogP contribution in [0.1, 0.15) is 63.0 Å². The summed E-state index contributed by atoms with van der Waals surface area (Å²) in [6.07, 6.45) is 7.09. The molecule has 1 saturated carbocycles. The molecule has 3 amide bonds. The van der Waals surface area contributed by atoms with Gasteiger partial charge in [-0.1, -0.05) is 26.2 Å². The van der Waals surface area contributed by atoms with Crippen LogP contribution in [-0.4, -0.2) is 66.1 Å². The first-order valence-corrected chi connectivity index (χ1v) is 13.9. The van der Waals surface area contributed by atoms with E-state index in [1.165, 1.54) is 6.07 Å². The van der Waals surface area contributed by atoms with Gasteiger partial charge in [0.05, 0.1) is 18.7 Å². The Morgan fingerprint density at radius 2 is 1.95 bits per heavy atom. The molecule has 2 heterocycles. The Labute approximate surface area is 228 Å². The van der Waals surface area contributed by atoms with Gasteiger partial charge in [-0.05, 0) is 56.7 Å². The largest absolute Gasteiger partial charge is 0.483 e. The molecule has 1 aromatic carbocycles. The van der Waals surface area contributed by atoms with Gasteiger partial charge >= 0.3 is 5.63 Å². The predicted molar refractivity (Wildman–Crippen MR) is 145 cm³/mol. The van der Waals surface area contributed by atoms with Crippen molar-refractivity contribution in [1.82, 2.24) is 15.5 Å². The second-order valence-corrected chi connectivity index (χ2v) is 10.7. The molecule has 2 aliphatic rings. The van der Waals surface area contributed by atoms with Crippen LogP contribution in [0.25, 0.3) is 11.0 Å². The number of rotatable bonds is 10. The fourth-order valence-corrected chi connectivity index (χ4v) is 5.66. The summed E-state index contributed by atoms with van der Waals surface area (Å²) in [6.45, 7) is 4.08. The Balaban J connectivity index is 1.22. The van der Waals surface area contributed by atoms with Crippen LogP contribution in [0, 0.1) is 12.8 Å². The smallest absolute Gasteiger partial charge is 0.336 e. The van der Waals surface area contributed by atoms with Gasteiger partial charge in [-0.3, -0.25) is 14.4 Å². The molecule has 0 unspecified atom stereocenters. The van der Waals surface area contributed by atoms with Gasteiger partial charge in [0.15, 0.2) is 6.61 Å². The van der Waals surface area contributed by atoms with E-state index in [9.17, 15) is 24.3 Å². The summed E-state index contributed by atoms with van der Waals surface area (Å²) in [7, 11) is 0. The standard InChI is InChI=1S/C29H39N3O7/c1-3-4-7-20-14-27(36)39-28-19(2)23(10-9-22(20)28)38-18-25(34)30-15-24(33)31-16-26(35)32-13-12-29(37)11-6-5-8-21(29)17-32/h9-10,14,21,37H,3-8,11-13,15-18H2,1-2H3,(H,30,34)(H,31,33)/t21-,29+/m1/s1. The first-order valence-electron chi connectivity index (χ1n) is 13.9. The lowest BCUT2D eigenvalue weighted by Crippen LogP contribution is -2.56. The van der Waals surface area contributed by atoms with Crippen molar-refractivity contribution >= 4 is 28.7 Å². The number of carbonyl (C=O) groups is 3. The van der Waals surface area contributed by atoms with E-state index in [-0.39, 0.29) is 31.5 Å². The third kappa shape index (κ3) is 6.98. The Hall–Kier alpha value is -3.40. The van der Waals surface area contributed by atoms with E-state index in [0.717, 1.165) is 55.9 Å². The van der Waals surface area contributed by atoms with Gasteiger partial charge in [0, 0.05) is 36.0 Å². The van der Waals surface area contributed by atoms with Crippen LogP contribution in [0.4, 0.5) is 0 Å². The summed E-state index contributed by atoms with van der Waals surface area (Å²) in [5.41, 5.74) is 0.901. The lowest BCUT2D eigenvalue weighted by atomic mass is 9.71. The maximum Gasteiger partial charge on any atom is 0.336 e. The summed E-state index contributed by atoms with van der Waals surface area (Å²) in [5.74, 6) is -0.672. The third-order valence-electron chi connectivity index (χ3n) is 8.02. The lowest BCUT2D eigenvalue weighted by Gasteiger charge is -2.47. The van der Waals surface area contributed by atoms with E-state index < -0.39 is 23.0 Å². The Morgan fingerprint density at radius 3 is 2.74 bits per heavy atom. The van der Waals surface area contributed by atoms with Crippen molar-refractivity contribution in [2.24, 2.45) is 5.92 Å². The van der Waals surface area contributed by atoms with Crippen LogP contribution < -0.4 is 21.0 Å². The molecule has 10 nitrogen and oxygen atoms in total. The van der Waals surface area contributed by atoms with Crippen molar-refractivity contribution < 1.29 is 28.6 Å². The minimum absolute atomic E-state index is 0.0873. The summed E-state index contributed by atoms with van der Waals surface area (Å²) in [6, 6.07) is 5.09. The Kier molecular flexibility index (Phi) is 9.27. The van der Waals surface area contributed by atoms with Crippen LogP contribution >= 0.6 is 0 Å². The summed E-state index contributed by atoms with van der Waals surface area (Å²) in [4.78, 5) is 50.8. The number of nitrogens with zero attached hydrogens (tertiary/aromatic N) is 1. The molecule has 10 heteroatoms. The van der Waals surface area contributed by atoms with Crippen LogP contribution in [0.3, 0.4) is 0 Å². The molecule has 2 aromatic rings. The molecule has 0 radical (unpaired) electrons. The molecule has 39 heavy (non-hydrogen) atoms. The molecule has 2 fully saturated rings. The molecule has 0 spiro atoms. The van der Waals surface area contributed by atoms with E-state index in [1.54, 1.807) is 17.9 Å². The van der Waals surface area contributed by atoms with Crippen molar-refractivity contribution in [3.8, 4) is 5.75 Å². The average molecular weight is 542 g/mol. The molecule has 1 aromatic heterocycles. The number of piperidine rings is 1. The number of amides is 3. The monoisotopic (exact) mass is 541 g/mol. The third-order valence-corrected chi connectivity index (χ3v) is 8.02. The fraction of sp³-hybridized carbons (Fsp3) is 0.586. The number of aliphatic hydroxyl groups is 1. The highest BCUT2D eigenvalue weighted by Crippen LogP contribution is 2.39. The zero-order chi connectivity index (χ0) is 28.0. The van der Waals surface area contributed by atoms with E-state index in [1.807, 2.05) is 6.07 Å². The Morgan fingerprint density at radius 1 is 1.15 bits per heavy atom. The number of aryl methyl sites for hydroxylation is 2. The minimum Gasteiger partial charge on any atom is -0.483 e. The normalized spacial score (nSPS) is 20.8. The second-order valence-electron chi connectivity index (χ2n) is 10.7. The molecule has 1 saturated heterocycles. The molecule has 212 valence electrons. The first kappa shape index (κ1) is 28.6. The summed E-state index contributed by atoms with van der Waals surface area (Å²) >= 11 is 0. The zero-order valence-electron chi connectivity index (χ0n) is 22.8. The fourth-order valence-electron chi connectivity index (χ4n) is 5.66. The number of benzene rings is 1. The topological polar surface area (TPSA) is 138 Å². The van der Waals surface area contributed by atoms with E-state index >= 15 is 0 Å². The quantitative estimate of drug-likeness (QED) is 0.392. The van der Waals surface area contributed by atoms with Gasteiger partial charge in [-0.15, -0.1) is 0 Å². The van der Waals surface area contributed by atoms with Crippen molar-refractivity contribution in [1.29, 1.82) is 0 Å². The highest BCUT2D eigenvalue weighted by molar-refractivity contribution is 5.89. The van der Waals surface area contributed by atoms with Gasteiger partial charge in [0.1, 0.15) is 11.3 Å². The van der Waals surface area contributed by atoms with Crippen LogP contribution in [0.5, 0.6) is 5.75 Å². The number of hydrogen-bond acceptors (Lipinski definition) is 7. The number of unbranched alkanes of at least 4 members (excludes halogenated alkanes) is 1. The number of likely N-dealkylation sites (tertiary alicyclic amines) is 1. The number of ether oxygens (including phenoxy) is 1. The SMILES string of the molecule is CCCCc1cc(=O)oc2c(C)c(OCC(=O)NCC(=O)NCC(=O)N3CC[C@@]4(O)CCCC[C@@H]4C3)ccc12. The van der Waals surface area contributed by atoms with Gasteiger partial charge in [0.2, 0.25) is 11.8 Å². The van der Waals surface area contributed by atoms with Crippen molar-refractivity contribution in [2.45, 2.75) is 70.8 Å². The van der Waals surface area contributed by atoms with Gasteiger partial charge < -0.3 is 29.8 Å². The molecular formula is C29H39N3O7. The van der Waals surface area contributed by atoms with Crippen molar-refractivity contribution in [3.63, 3.8) is 0 Å². The maximum absolute atomic E-state index is 12.6. The maximum atomic E-state index is 12.6. The molecule has 1 aliphatic heterocycles. The number of hydrogen-bond donors (Lipinski definition) is 3. The molecule has 0 bridgehead atoms.